The van der Waals surface area contributed by atoms with Crippen LogP contribution in [-0.4, -0.2) is 18.0 Å². The molecule has 0 bridgehead atoms. The van der Waals surface area contributed by atoms with Crippen LogP contribution in [0.1, 0.15) is 23.6 Å². The molecule has 5 nitrogen and oxygen atoms in total. The molecule has 32 heavy (non-hydrogen) atoms. The van der Waals surface area contributed by atoms with Gasteiger partial charge in [0.05, 0.1) is 12.8 Å². The maximum Gasteiger partial charge on any atom is 0.180 e. The van der Waals surface area contributed by atoms with Crippen LogP contribution in [0.2, 0.25) is 10.0 Å². The largest absolute Gasteiger partial charge is 0.490 e. The molecule has 0 aliphatic rings. The minimum Gasteiger partial charge on any atom is -0.490 e. The molecular weight excluding hydrogens is 465 g/mol. The second-order valence-corrected chi connectivity index (χ2v) is 8.46. The topological polar surface area (TPSA) is 69.2 Å². The number of amidine groups is 1. The molecule has 2 N–H and O–H groups in total. The molecule has 3 rings (SSSR count). The molecule has 0 aliphatic heterocycles. The van der Waals surface area contributed by atoms with E-state index in [1.807, 2.05) is 61.5 Å². The van der Waals surface area contributed by atoms with Gasteiger partial charge in [0.15, 0.2) is 16.7 Å². The summed E-state index contributed by atoms with van der Waals surface area (Å²) in [7, 11) is 0. The van der Waals surface area contributed by atoms with Crippen molar-refractivity contribution < 1.29 is 9.47 Å². The number of rotatable bonds is 9. The first-order valence-corrected chi connectivity index (χ1v) is 11.7. The van der Waals surface area contributed by atoms with Crippen LogP contribution >= 0.6 is 35.0 Å². The first-order valence-electron chi connectivity index (χ1n) is 9.92. The fraction of sp³-hybridized carbons (Fsp3) is 0.167. The molecule has 0 unspecified atom stereocenters. The summed E-state index contributed by atoms with van der Waals surface area (Å²) >= 11 is 13.6. The fourth-order valence-corrected chi connectivity index (χ4v) is 3.77. The zero-order chi connectivity index (χ0) is 22.8. The number of nitrogens with two attached hydrogens (primary N) is 1. The van der Waals surface area contributed by atoms with E-state index >= 15 is 0 Å². The van der Waals surface area contributed by atoms with E-state index in [1.54, 1.807) is 18.3 Å². The van der Waals surface area contributed by atoms with Crippen molar-refractivity contribution in [2.45, 2.75) is 19.3 Å². The number of halogens is 2. The van der Waals surface area contributed by atoms with E-state index in [-0.39, 0.29) is 0 Å². The van der Waals surface area contributed by atoms with Crippen LogP contribution in [0.5, 0.6) is 11.5 Å². The van der Waals surface area contributed by atoms with Gasteiger partial charge in [-0.1, -0.05) is 71.4 Å². The van der Waals surface area contributed by atoms with Crippen LogP contribution < -0.4 is 15.2 Å². The lowest BCUT2D eigenvalue weighted by Crippen LogP contribution is -2.06. The summed E-state index contributed by atoms with van der Waals surface area (Å²) in [6, 6.07) is 20.9. The van der Waals surface area contributed by atoms with Gasteiger partial charge in [0.2, 0.25) is 0 Å². The number of nitrogens with zero attached hydrogens (tertiary/aromatic N) is 2. The second kappa shape index (κ2) is 12.4. The molecular formula is C24H23Cl2N3O2S. The Kier molecular flexibility index (Phi) is 9.28. The minimum absolute atomic E-state index is 0.295. The van der Waals surface area contributed by atoms with Crippen LogP contribution in [0.3, 0.4) is 0 Å². The van der Waals surface area contributed by atoms with Gasteiger partial charge < -0.3 is 15.2 Å². The molecule has 3 aromatic rings. The van der Waals surface area contributed by atoms with Crippen molar-refractivity contribution in [3.05, 3.63) is 93.5 Å². The summed E-state index contributed by atoms with van der Waals surface area (Å²) in [5, 5.41) is 9.68. The molecule has 0 fully saturated rings. The van der Waals surface area contributed by atoms with E-state index in [1.165, 1.54) is 17.3 Å². The number of benzene rings is 3. The second-order valence-electron chi connectivity index (χ2n) is 6.62. The third-order valence-corrected chi connectivity index (χ3v) is 5.70. The Hall–Kier alpha value is -2.67. The standard InChI is InChI=1S/C24H23Cl2N3O2S/c1-2-30-23-12-18(14-28-29-24(27)32-16-17-6-4-3-5-7-17)8-11-22(23)31-15-19-9-10-20(25)13-21(19)26/h3-14H,2,15-16H2,1H3,(H2,27,29). The fourth-order valence-electron chi connectivity index (χ4n) is 2.70. The molecule has 166 valence electrons. The number of thioether (sulfide) groups is 1. The van der Waals surface area contributed by atoms with E-state index in [0.717, 1.165) is 16.9 Å². The highest BCUT2D eigenvalue weighted by Crippen LogP contribution is 2.30. The lowest BCUT2D eigenvalue weighted by atomic mass is 10.2. The molecule has 0 saturated heterocycles. The third-order valence-electron chi connectivity index (χ3n) is 4.26. The number of hydrogen-bond donors (Lipinski definition) is 1. The summed E-state index contributed by atoms with van der Waals surface area (Å²) in [6.45, 7) is 2.71. The Bertz CT molecular complexity index is 1090. The third kappa shape index (κ3) is 7.48. The smallest absolute Gasteiger partial charge is 0.180 e. The molecule has 0 amide bonds. The molecule has 0 atom stereocenters. The lowest BCUT2D eigenvalue weighted by molar-refractivity contribution is 0.269. The Morgan fingerprint density at radius 1 is 1.00 bits per heavy atom. The first-order chi connectivity index (χ1) is 15.5. The Morgan fingerprint density at radius 2 is 1.81 bits per heavy atom. The van der Waals surface area contributed by atoms with Gasteiger partial charge >= 0.3 is 0 Å². The van der Waals surface area contributed by atoms with Crippen molar-refractivity contribution in [3.8, 4) is 11.5 Å². The van der Waals surface area contributed by atoms with Crippen LogP contribution in [0.4, 0.5) is 0 Å². The van der Waals surface area contributed by atoms with Crippen LogP contribution in [0.15, 0.2) is 76.9 Å². The van der Waals surface area contributed by atoms with Crippen molar-refractivity contribution in [2.75, 3.05) is 6.61 Å². The van der Waals surface area contributed by atoms with Crippen molar-refractivity contribution in [1.82, 2.24) is 0 Å². The van der Waals surface area contributed by atoms with Gasteiger partial charge in [-0.05, 0) is 48.4 Å². The highest BCUT2D eigenvalue weighted by atomic mass is 35.5. The Morgan fingerprint density at radius 3 is 2.56 bits per heavy atom. The van der Waals surface area contributed by atoms with Gasteiger partial charge in [0, 0.05) is 21.4 Å². The SMILES string of the molecule is CCOc1cc(C=NN=C(N)SCc2ccccc2)ccc1OCc1ccc(Cl)cc1Cl. The van der Waals surface area contributed by atoms with E-state index in [2.05, 4.69) is 10.2 Å². The van der Waals surface area contributed by atoms with Crippen LogP contribution in [-0.2, 0) is 12.4 Å². The monoisotopic (exact) mass is 487 g/mol. The molecule has 0 saturated carbocycles. The maximum atomic E-state index is 6.22. The van der Waals surface area contributed by atoms with E-state index in [9.17, 15) is 0 Å². The predicted octanol–water partition coefficient (Wildman–Crippen LogP) is 6.55. The van der Waals surface area contributed by atoms with Gasteiger partial charge in [0.25, 0.3) is 0 Å². The Labute approximate surface area is 202 Å². The normalized spacial score (nSPS) is 11.7. The maximum absolute atomic E-state index is 6.22. The van der Waals surface area contributed by atoms with Gasteiger partial charge in [-0.3, -0.25) is 0 Å². The number of hydrogen-bond acceptors (Lipinski definition) is 5. The van der Waals surface area contributed by atoms with E-state index < -0.39 is 0 Å². The van der Waals surface area contributed by atoms with Gasteiger partial charge in [-0.2, -0.15) is 5.10 Å². The van der Waals surface area contributed by atoms with E-state index in [0.29, 0.717) is 39.9 Å². The summed E-state index contributed by atoms with van der Waals surface area (Å²) < 4.78 is 11.6. The van der Waals surface area contributed by atoms with Crippen molar-refractivity contribution in [1.29, 1.82) is 0 Å². The molecule has 0 aromatic heterocycles. The van der Waals surface area contributed by atoms with Gasteiger partial charge in [-0.15, -0.1) is 5.10 Å². The van der Waals surface area contributed by atoms with Gasteiger partial charge in [-0.25, -0.2) is 0 Å². The lowest BCUT2D eigenvalue weighted by Gasteiger charge is -2.13. The van der Waals surface area contributed by atoms with E-state index in [4.69, 9.17) is 38.4 Å². The summed E-state index contributed by atoms with van der Waals surface area (Å²) in [4.78, 5) is 0. The average molecular weight is 488 g/mol. The van der Waals surface area contributed by atoms with Gasteiger partial charge in [0.1, 0.15) is 6.61 Å². The zero-order valence-electron chi connectivity index (χ0n) is 17.5. The molecule has 0 aliphatic carbocycles. The molecule has 0 heterocycles. The minimum atomic E-state index is 0.295. The average Bonchev–Trinajstić information content (AvgIpc) is 2.79. The Balaban J connectivity index is 1.62. The summed E-state index contributed by atoms with van der Waals surface area (Å²) in [5.74, 6) is 1.96. The zero-order valence-corrected chi connectivity index (χ0v) is 19.8. The van der Waals surface area contributed by atoms with Crippen LogP contribution in [0.25, 0.3) is 0 Å². The highest BCUT2D eigenvalue weighted by Gasteiger charge is 2.08. The molecule has 0 spiro atoms. The number of ether oxygens (including phenoxy) is 2. The molecule has 8 heteroatoms. The van der Waals surface area contributed by atoms with Crippen molar-refractivity contribution in [3.63, 3.8) is 0 Å². The first kappa shape index (κ1) is 24.0. The summed E-state index contributed by atoms with van der Waals surface area (Å²) in [5.41, 5.74) is 8.77. The summed E-state index contributed by atoms with van der Waals surface area (Å²) in [6.07, 6.45) is 1.62. The molecule has 3 aromatic carbocycles. The highest BCUT2D eigenvalue weighted by molar-refractivity contribution is 8.13. The predicted molar refractivity (Wildman–Crippen MR) is 135 cm³/mol. The molecule has 0 radical (unpaired) electrons. The van der Waals surface area contributed by atoms with Crippen molar-refractivity contribution >= 4 is 46.3 Å². The quantitative estimate of drug-likeness (QED) is 0.211. The van der Waals surface area contributed by atoms with Crippen molar-refractivity contribution in [2.24, 2.45) is 15.9 Å². The van der Waals surface area contributed by atoms with Crippen LogP contribution in [0, 0.1) is 0 Å².